The molecule has 2 aromatic carbocycles. The highest BCUT2D eigenvalue weighted by Crippen LogP contribution is 2.31. The summed E-state index contributed by atoms with van der Waals surface area (Å²) in [6.45, 7) is 2.69. The molecule has 0 aliphatic heterocycles. The molecule has 0 unspecified atom stereocenters. The summed E-state index contributed by atoms with van der Waals surface area (Å²) in [5.41, 5.74) is 8.98. The van der Waals surface area contributed by atoms with Gasteiger partial charge in [0.2, 0.25) is 0 Å². The SMILES string of the molecule is CCCOc1cccc(Nc2ccc(C#N)cc2)c1N. The second-order valence-electron chi connectivity index (χ2n) is 4.38. The van der Waals surface area contributed by atoms with Crippen LogP contribution in [0.25, 0.3) is 0 Å². The molecule has 0 amide bonds. The Morgan fingerprint density at radius 2 is 1.95 bits per heavy atom. The van der Waals surface area contributed by atoms with Crippen molar-refractivity contribution in [2.75, 3.05) is 17.7 Å². The lowest BCUT2D eigenvalue weighted by atomic mass is 10.2. The predicted octanol–water partition coefficient (Wildman–Crippen LogP) is 3.67. The van der Waals surface area contributed by atoms with Crippen molar-refractivity contribution in [1.82, 2.24) is 0 Å². The maximum Gasteiger partial charge on any atom is 0.144 e. The van der Waals surface area contributed by atoms with Gasteiger partial charge in [0.1, 0.15) is 5.75 Å². The fraction of sp³-hybridized carbons (Fsp3) is 0.188. The van der Waals surface area contributed by atoms with Crippen LogP contribution >= 0.6 is 0 Å². The highest BCUT2D eigenvalue weighted by Gasteiger charge is 2.06. The van der Waals surface area contributed by atoms with Gasteiger partial charge in [0, 0.05) is 5.69 Å². The van der Waals surface area contributed by atoms with E-state index in [0.29, 0.717) is 23.6 Å². The minimum absolute atomic E-state index is 0.588. The first-order valence-corrected chi connectivity index (χ1v) is 6.53. The zero-order chi connectivity index (χ0) is 14.4. The standard InChI is InChI=1S/C16H17N3O/c1-2-10-20-15-5-3-4-14(16(15)18)19-13-8-6-12(11-17)7-9-13/h3-9,19H,2,10,18H2,1H3. The Bertz CT molecular complexity index is 615. The van der Waals surface area contributed by atoms with Gasteiger partial charge < -0.3 is 15.8 Å². The number of anilines is 3. The largest absolute Gasteiger partial charge is 0.491 e. The molecule has 2 rings (SSSR count). The third-order valence-electron chi connectivity index (χ3n) is 2.82. The molecule has 4 nitrogen and oxygen atoms in total. The molecule has 4 heteroatoms. The number of ether oxygens (including phenoxy) is 1. The maximum atomic E-state index is 8.77. The van der Waals surface area contributed by atoms with Gasteiger partial charge >= 0.3 is 0 Å². The fourth-order valence-electron chi connectivity index (χ4n) is 1.77. The Hall–Kier alpha value is -2.67. The molecule has 20 heavy (non-hydrogen) atoms. The third-order valence-corrected chi connectivity index (χ3v) is 2.82. The summed E-state index contributed by atoms with van der Waals surface area (Å²) in [7, 11) is 0. The number of nitriles is 1. The lowest BCUT2D eigenvalue weighted by molar-refractivity contribution is 0.319. The quantitative estimate of drug-likeness (QED) is 0.811. The minimum atomic E-state index is 0.588. The van der Waals surface area contributed by atoms with E-state index in [4.69, 9.17) is 15.7 Å². The van der Waals surface area contributed by atoms with Crippen LogP contribution in [0.5, 0.6) is 5.75 Å². The van der Waals surface area contributed by atoms with Gasteiger partial charge in [-0.3, -0.25) is 0 Å². The Morgan fingerprint density at radius 3 is 2.60 bits per heavy atom. The molecular formula is C16H17N3O. The number of rotatable bonds is 5. The molecule has 0 fully saturated rings. The molecule has 0 heterocycles. The van der Waals surface area contributed by atoms with Gasteiger partial charge in [0.05, 0.1) is 29.6 Å². The average Bonchev–Trinajstić information content (AvgIpc) is 2.49. The van der Waals surface area contributed by atoms with Crippen LogP contribution in [0.3, 0.4) is 0 Å². The monoisotopic (exact) mass is 267 g/mol. The lowest BCUT2D eigenvalue weighted by Gasteiger charge is -2.13. The van der Waals surface area contributed by atoms with Crippen molar-refractivity contribution in [3.05, 3.63) is 48.0 Å². The lowest BCUT2D eigenvalue weighted by Crippen LogP contribution is -2.02. The Balaban J connectivity index is 2.18. The van der Waals surface area contributed by atoms with Gasteiger partial charge in [0.15, 0.2) is 0 Å². The molecule has 0 aromatic heterocycles. The third kappa shape index (κ3) is 3.21. The van der Waals surface area contributed by atoms with Crippen molar-refractivity contribution in [3.8, 4) is 11.8 Å². The number of hydrogen-bond donors (Lipinski definition) is 2. The van der Waals surface area contributed by atoms with Gasteiger partial charge in [-0.1, -0.05) is 13.0 Å². The van der Waals surface area contributed by atoms with Crippen molar-refractivity contribution in [2.24, 2.45) is 0 Å². The summed E-state index contributed by atoms with van der Waals surface area (Å²) in [5, 5.41) is 12.0. The summed E-state index contributed by atoms with van der Waals surface area (Å²) in [5.74, 6) is 0.686. The normalized spacial score (nSPS) is 9.80. The first-order chi connectivity index (χ1) is 9.74. The molecule has 0 spiro atoms. The predicted molar refractivity (Wildman–Crippen MR) is 81.1 cm³/mol. The zero-order valence-corrected chi connectivity index (χ0v) is 11.4. The summed E-state index contributed by atoms with van der Waals surface area (Å²) in [6, 6.07) is 14.9. The van der Waals surface area contributed by atoms with E-state index in [2.05, 4.69) is 18.3 Å². The van der Waals surface area contributed by atoms with Crippen LogP contribution in [0.4, 0.5) is 17.1 Å². The van der Waals surface area contributed by atoms with Crippen LogP contribution in [0.2, 0.25) is 0 Å². The molecule has 0 saturated heterocycles. The summed E-state index contributed by atoms with van der Waals surface area (Å²) in [6.07, 6.45) is 0.937. The molecule has 102 valence electrons. The van der Waals surface area contributed by atoms with E-state index in [1.54, 1.807) is 12.1 Å². The van der Waals surface area contributed by atoms with E-state index < -0.39 is 0 Å². The number of hydrogen-bond acceptors (Lipinski definition) is 4. The smallest absolute Gasteiger partial charge is 0.144 e. The Morgan fingerprint density at radius 1 is 1.20 bits per heavy atom. The van der Waals surface area contributed by atoms with Crippen molar-refractivity contribution in [1.29, 1.82) is 5.26 Å². The average molecular weight is 267 g/mol. The van der Waals surface area contributed by atoms with E-state index in [1.807, 2.05) is 30.3 Å². The van der Waals surface area contributed by atoms with Gasteiger partial charge in [-0.15, -0.1) is 0 Å². The first kappa shape index (κ1) is 13.8. The van der Waals surface area contributed by atoms with Gasteiger partial charge in [-0.05, 0) is 42.8 Å². The topological polar surface area (TPSA) is 71.1 Å². The molecule has 0 aliphatic carbocycles. The molecule has 3 N–H and O–H groups in total. The highest BCUT2D eigenvalue weighted by atomic mass is 16.5. The summed E-state index contributed by atoms with van der Waals surface area (Å²) >= 11 is 0. The van der Waals surface area contributed by atoms with Crippen molar-refractivity contribution < 1.29 is 4.74 Å². The number of nitrogens with two attached hydrogens (primary N) is 1. The van der Waals surface area contributed by atoms with Crippen molar-refractivity contribution in [2.45, 2.75) is 13.3 Å². The van der Waals surface area contributed by atoms with Crippen LogP contribution in [0, 0.1) is 11.3 Å². The number of nitrogens with zero attached hydrogens (tertiary/aromatic N) is 1. The van der Waals surface area contributed by atoms with Crippen LogP contribution in [0.15, 0.2) is 42.5 Å². The number of para-hydroxylation sites is 1. The second kappa shape index (κ2) is 6.48. The van der Waals surface area contributed by atoms with E-state index in [0.717, 1.165) is 17.8 Å². The summed E-state index contributed by atoms with van der Waals surface area (Å²) < 4.78 is 5.59. The van der Waals surface area contributed by atoms with E-state index in [-0.39, 0.29) is 0 Å². The highest BCUT2D eigenvalue weighted by molar-refractivity contribution is 5.77. The Labute approximate surface area is 118 Å². The summed E-state index contributed by atoms with van der Waals surface area (Å²) in [4.78, 5) is 0. The molecular weight excluding hydrogens is 250 g/mol. The van der Waals surface area contributed by atoms with Crippen LogP contribution in [0.1, 0.15) is 18.9 Å². The van der Waals surface area contributed by atoms with Crippen LogP contribution < -0.4 is 15.8 Å². The number of nitrogens with one attached hydrogen (secondary N) is 1. The maximum absolute atomic E-state index is 8.77. The van der Waals surface area contributed by atoms with Crippen LogP contribution in [-0.2, 0) is 0 Å². The van der Waals surface area contributed by atoms with E-state index in [9.17, 15) is 0 Å². The number of benzene rings is 2. The molecule has 0 atom stereocenters. The van der Waals surface area contributed by atoms with Crippen molar-refractivity contribution in [3.63, 3.8) is 0 Å². The molecule has 0 aliphatic rings. The first-order valence-electron chi connectivity index (χ1n) is 6.53. The zero-order valence-electron chi connectivity index (χ0n) is 11.4. The fourth-order valence-corrected chi connectivity index (χ4v) is 1.77. The van der Waals surface area contributed by atoms with Gasteiger partial charge in [0.25, 0.3) is 0 Å². The van der Waals surface area contributed by atoms with E-state index >= 15 is 0 Å². The van der Waals surface area contributed by atoms with Crippen molar-refractivity contribution >= 4 is 17.1 Å². The van der Waals surface area contributed by atoms with Gasteiger partial charge in [-0.25, -0.2) is 0 Å². The molecule has 0 saturated carbocycles. The number of nitrogen functional groups attached to an aromatic ring is 1. The minimum Gasteiger partial charge on any atom is -0.491 e. The van der Waals surface area contributed by atoms with Gasteiger partial charge in [-0.2, -0.15) is 5.26 Å². The Kier molecular flexibility index (Phi) is 4.46. The molecule has 0 radical (unpaired) electrons. The second-order valence-corrected chi connectivity index (χ2v) is 4.38. The van der Waals surface area contributed by atoms with Crippen LogP contribution in [-0.4, -0.2) is 6.61 Å². The molecule has 2 aromatic rings. The molecule has 0 bridgehead atoms. The van der Waals surface area contributed by atoms with E-state index in [1.165, 1.54) is 0 Å².